The first-order valence-corrected chi connectivity index (χ1v) is 7.56. The molecule has 0 radical (unpaired) electrons. The van der Waals surface area contributed by atoms with Gasteiger partial charge in [0.2, 0.25) is 5.91 Å². The van der Waals surface area contributed by atoms with Gasteiger partial charge in [0.05, 0.1) is 29.5 Å². The molecule has 0 saturated heterocycles. The summed E-state index contributed by atoms with van der Waals surface area (Å²) in [5.74, 6) is -3.81. The molecule has 0 atom stereocenters. The Balaban J connectivity index is 1.79. The number of carbonyl (C=O) groups excluding carboxylic acids is 4. The number of nitrogens with one attached hydrogen (secondary N) is 1. The van der Waals surface area contributed by atoms with Gasteiger partial charge in [-0.3, -0.25) is 19.3 Å². The van der Waals surface area contributed by atoms with Gasteiger partial charge < -0.3 is 10.1 Å². The number of ether oxygens (including phenoxy) is 1. The number of nitrogens with zero attached hydrogens (tertiary/aromatic N) is 1. The first kappa shape index (κ1) is 17.3. The van der Waals surface area contributed by atoms with Crippen molar-refractivity contribution in [2.45, 2.75) is 0 Å². The Kier molecular flexibility index (Phi) is 4.49. The number of amides is 3. The van der Waals surface area contributed by atoms with Gasteiger partial charge in [0.25, 0.3) is 11.8 Å². The van der Waals surface area contributed by atoms with E-state index in [4.69, 9.17) is 0 Å². The second-order valence-electron chi connectivity index (χ2n) is 5.44. The summed E-state index contributed by atoms with van der Waals surface area (Å²) in [7, 11) is 1.20. The lowest BCUT2D eigenvalue weighted by Gasteiger charge is -2.14. The summed E-state index contributed by atoms with van der Waals surface area (Å²) in [4.78, 5) is 49.1. The molecule has 1 aliphatic heterocycles. The lowest BCUT2D eigenvalue weighted by Crippen LogP contribution is -2.37. The number of fused-ring (bicyclic) bond motifs is 1. The number of benzene rings is 2. The van der Waals surface area contributed by atoms with E-state index in [-0.39, 0.29) is 22.4 Å². The van der Waals surface area contributed by atoms with E-state index in [1.807, 2.05) is 0 Å². The Morgan fingerprint density at radius 3 is 2.50 bits per heavy atom. The number of methoxy groups -OCH3 is 1. The Bertz CT molecular complexity index is 941. The molecule has 1 aliphatic rings. The topological polar surface area (TPSA) is 92.8 Å². The van der Waals surface area contributed by atoms with Gasteiger partial charge in [0.15, 0.2) is 0 Å². The number of para-hydroxylation sites is 1. The standard InChI is InChI=1S/C18H13FN2O5/c1-26-18(25)10-5-2-3-8-13(10)20-14(22)9-21-16(23)11-6-4-7-12(19)15(11)17(21)24/h2-8H,9H2,1H3,(H,20,22). The maximum Gasteiger partial charge on any atom is 0.339 e. The van der Waals surface area contributed by atoms with Crippen molar-refractivity contribution in [3.63, 3.8) is 0 Å². The van der Waals surface area contributed by atoms with E-state index in [0.29, 0.717) is 4.90 Å². The van der Waals surface area contributed by atoms with Crippen molar-refractivity contribution in [1.29, 1.82) is 0 Å². The first-order valence-electron chi connectivity index (χ1n) is 7.56. The summed E-state index contributed by atoms with van der Waals surface area (Å²) in [6, 6.07) is 9.83. The highest BCUT2D eigenvalue weighted by atomic mass is 19.1. The molecule has 0 saturated carbocycles. The van der Waals surface area contributed by atoms with Crippen molar-refractivity contribution in [3.05, 3.63) is 65.0 Å². The minimum atomic E-state index is -0.875. The summed E-state index contributed by atoms with van der Waals surface area (Å²) in [6.07, 6.45) is 0. The van der Waals surface area contributed by atoms with Crippen LogP contribution in [0.5, 0.6) is 0 Å². The fraction of sp³-hybridized carbons (Fsp3) is 0.111. The van der Waals surface area contributed by atoms with Gasteiger partial charge in [-0.1, -0.05) is 18.2 Å². The fourth-order valence-electron chi connectivity index (χ4n) is 2.65. The lowest BCUT2D eigenvalue weighted by molar-refractivity contribution is -0.116. The number of hydrogen-bond donors (Lipinski definition) is 1. The Morgan fingerprint density at radius 1 is 1.08 bits per heavy atom. The maximum absolute atomic E-state index is 13.8. The number of carbonyl (C=O) groups is 4. The third-order valence-electron chi connectivity index (χ3n) is 3.86. The SMILES string of the molecule is COC(=O)c1ccccc1NC(=O)CN1C(=O)c2cccc(F)c2C1=O. The van der Waals surface area contributed by atoms with Crippen molar-refractivity contribution < 1.29 is 28.3 Å². The Labute approximate surface area is 147 Å². The molecule has 0 aromatic heterocycles. The average molecular weight is 356 g/mol. The van der Waals surface area contributed by atoms with Crippen LogP contribution in [0.4, 0.5) is 10.1 Å². The highest BCUT2D eigenvalue weighted by molar-refractivity contribution is 6.22. The summed E-state index contributed by atoms with van der Waals surface area (Å²) in [6.45, 7) is -0.610. The molecule has 1 N–H and O–H groups in total. The number of halogens is 1. The third kappa shape index (κ3) is 2.92. The molecular formula is C18H13FN2O5. The van der Waals surface area contributed by atoms with E-state index in [0.717, 1.165) is 6.07 Å². The van der Waals surface area contributed by atoms with E-state index in [1.165, 1.54) is 31.4 Å². The molecule has 7 nitrogen and oxygen atoms in total. The molecule has 2 aromatic carbocycles. The van der Waals surface area contributed by atoms with Crippen molar-refractivity contribution in [3.8, 4) is 0 Å². The Morgan fingerprint density at radius 2 is 1.81 bits per heavy atom. The largest absolute Gasteiger partial charge is 0.465 e. The molecule has 132 valence electrons. The molecule has 8 heteroatoms. The molecule has 3 rings (SSSR count). The van der Waals surface area contributed by atoms with Gasteiger partial charge in [0.1, 0.15) is 12.4 Å². The van der Waals surface area contributed by atoms with Crippen molar-refractivity contribution >= 4 is 29.4 Å². The predicted molar refractivity (Wildman–Crippen MR) is 88.2 cm³/mol. The summed E-state index contributed by atoms with van der Waals surface area (Å²) in [5, 5.41) is 2.46. The minimum absolute atomic E-state index is 0.0854. The zero-order chi connectivity index (χ0) is 18.8. The van der Waals surface area contributed by atoms with Gasteiger partial charge in [0, 0.05) is 0 Å². The zero-order valence-corrected chi connectivity index (χ0v) is 13.6. The second-order valence-corrected chi connectivity index (χ2v) is 5.44. The third-order valence-corrected chi connectivity index (χ3v) is 3.86. The van der Waals surface area contributed by atoms with E-state index >= 15 is 0 Å². The zero-order valence-electron chi connectivity index (χ0n) is 13.6. The first-order chi connectivity index (χ1) is 12.4. The van der Waals surface area contributed by atoms with Crippen LogP contribution in [0.2, 0.25) is 0 Å². The molecule has 3 amide bonds. The quantitative estimate of drug-likeness (QED) is 0.667. The van der Waals surface area contributed by atoms with Crippen LogP contribution < -0.4 is 5.32 Å². The van der Waals surface area contributed by atoms with Crippen LogP contribution in [0.15, 0.2) is 42.5 Å². The summed E-state index contributed by atoms with van der Waals surface area (Å²) in [5.41, 5.74) is -0.137. The van der Waals surface area contributed by atoms with E-state index in [9.17, 15) is 23.6 Å². The van der Waals surface area contributed by atoms with Crippen molar-refractivity contribution in [1.82, 2.24) is 4.90 Å². The molecule has 0 fully saturated rings. The molecule has 0 aliphatic carbocycles. The van der Waals surface area contributed by atoms with Crippen LogP contribution in [0, 0.1) is 5.82 Å². The van der Waals surface area contributed by atoms with E-state index < -0.39 is 36.1 Å². The van der Waals surface area contributed by atoms with Gasteiger partial charge in [-0.25, -0.2) is 9.18 Å². The van der Waals surface area contributed by atoms with Gasteiger partial charge >= 0.3 is 5.97 Å². The molecule has 0 bridgehead atoms. The van der Waals surface area contributed by atoms with E-state index in [1.54, 1.807) is 12.1 Å². The second kappa shape index (κ2) is 6.75. The smallest absolute Gasteiger partial charge is 0.339 e. The van der Waals surface area contributed by atoms with Gasteiger partial charge in [-0.05, 0) is 24.3 Å². The normalized spacial score (nSPS) is 12.8. The number of rotatable bonds is 4. The molecular weight excluding hydrogens is 343 g/mol. The molecule has 26 heavy (non-hydrogen) atoms. The average Bonchev–Trinajstić information content (AvgIpc) is 2.87. The predicted octanol–water partition coefficient (Wildman–Crippen LogP) is 1.85. The van der Waals surface area contributed by atoms with Crippen molar-refractivity contribution in [2.75, 3.05) is 19.0 Å². The number of anilines is 1. The monoisotopic (exact) mass is 356 g/mol. The van der Waals surface area contributed by atoms with Gasteiger partial charge in [-0.2, -0.15) is 0 Å². The number of imide groups is 1. The lowest BCUT2D eigenvalue weighted by atomic mass is 10.1. The Hall–Kier alpha value is -3.55. The number of hydrogen-bond acceptors (Lipinski definition) is 5. The van der Waals surface area contributed by atoms with Crippen LogP contribution >= 0.6 is 0 Å². The van der Waals surface area contributed by atoms with Gasteiger partial charge in [-0.15, -0.1) is 0 Å². The highest BCUT2D eigenvalue weighted by Gasteiger charge is 2.38. The molecule has 2 aromatic rings. The summed E-state index contributed by atoms with van der Waals surface area (Å²) >= 11 is 0. The molecule has 0 unspecified atom stereocenters. The van der Waals surface area contributed by atoms with E-state index in [2.05, 4.69) is 10.1 Å². The van der Waals surface area contributed by atoms with Crippen LogP contribution in [0.1, 0.15) is 31.1 Å². The fourth-order valence-corrected chi connectivity index (χ4v) is 2.65. The molecule has 0 spiro atoms. The van der Waals surface area contributed by atoms with Crippen LogP contribution in [0.3, 0.4) is 0 Å². The maximum atomic E-state index is 13.8. The summed E-state index contributed by atoms with van der Waals surface area (Å²) < 4.78 is 18.4. The molecule has 1 heterocycles. The van der Waals surface area contributed by atoms with Crippen LogP contribution in [0.25, 0.3) is 0 Å². The number of esters is 1. The van der Waals surface area contributed by atoms with Crippen LogP contribution in [-0.2, 0) is 9.53 Å². The van der Waals surface area contributed by atoms with Crippen LogP contribution in [-0.4, -0.2) is 42.2 Å². The highest BCUT2D eigenvalue weighted by Crippen LogP contribution is 2.25. The van der Waals surface area contributed by atoms with Crippen molar-refractivity contribution in [2.24, 2.45) is 0 Å². The minimum Gasteiger partial charge on any atom is -0.465 e.